The molecule has 1 aliphatic rings. The van der Waals surface area contributed by atoms with Gasteiger partial charge in [0.05, 0.1) is 0 Å². The van der Waals surface area contributed by atoms with E-state index in [2.05, 4.69) is 5.10 Å². The van der Waals surface area contributed by atoms with Crippen molar-refractivity contribution in [2.75, 3.05) is 30.3 Å². The number of nitrogen functional groups attached to an aromatic ring is 1. The van der Waals surface area contributed by atoms with E-state index < -0.39 is 20.8 Å². The van der Waals surface area contributed by atoms with Gasteiger partial charge in [0.25, 0.3) is 0 Å². The maximum Gasteiger partial charge on any atom is 0.248 e. The smallest absolute Gasteiger partial charge is 0.248 e. The minimum Gasteiger partial charge on any atom is -0.381 e. The molecule has 108 valence electrons. The summed E-state index contributed by atoms with van der Waals surface area (Å²) >= 11 is 0. The Morgan fingerprint density at radius 3 is 2.63 bits per heavy atom. The first-order valence-electron chi connectivity index (χ1n) is 6.13. The molecule has 2 heterocycles. The summed E-state index contributed by atoms with van der Waals surface area (Å²) in [5.41, 5.74) is 5.69. The number of sulfonamides is 1. The van der Waals surface area contributed by atoms with Gasteiger partial charge < -0.3 is 5.73 Å². The third kappa shape index (κ3) is 2.98. The van der Waals surface area contributed by atoms with Crippen molar-refractivity contribution in [3.05, 3.63) is 6.20 Å². The molecule has 0 aromatic carbocycles. The number of rotatable bonds is 4. The van der Waals surface area contributed by atoms with Crippen molar-refractivity contribution in [3.63, 3.8) is 0 Å². The molecule has 1 aromatic heterocycles. The van der Waals surface area contributed by atoms with Crippen LogP contribution in [0.2, 0.25) is 0 Å². The van der Waals surface area contributed by atoms with Crippen LogP contribution in [-0.2, 0) is 27.4 Å². The minimum absolute atomic E-state index is 0.0279. The maximum absolute atomic E-state index is 12.4. The fourth-order valence-corrected chi connectivity index (χ4v) is 4.75. The largest absolute Gasteiger partial charge is 0.381 e. The lowest BCUT2D eigenvalue weighted by Gasteiger charge is -2.24. The molecular weight excluding hydrogens is 288 g/mol. The van der Waals surface area contributed by atoms with Gasteiger partial charge in [-0.25, -0.2) is 8.42 Å². The molecule has 0 amide bonds. The van der Waals surface area contributed by atoms with Crippen LogP contribution in [0.3, 0.4) is 0 Å². The molecule has 0 unspecified atom stereocenters. The van der Waals surface area contributed by atoms with Gasteiger partial charge in [-0.3, -0.25) is 8.89 Å². The number of anilines is 1. The van der Waals surface area contributed by atoms with Crippen LogP contribution in [-0.4, -0.2) is 51.3 Å². The van der Waals surface area contributed by atoms with Gasteiger partial charge in [-0.05, 0) is 6.42 Å². The summed E-state index contributed by atoms with van der Waals surface area (Å²) in [5, 5.41) is 4.01. The molecule has 2 rings (SSSR count). The van der Waals surface area contributed by atoms with Crippen LogP contribution in [0.1, 0.15) is 13.3 Å². The van der Waals surface area contributed by atoms with Crippen molar-refractivity contribution in [2.45, 2.75) is 24.8 Å². The quantitative estimate of drug-likeness (QED) is 0.818. The number of nitrogens with two attached hydrogens (primary N) is 1. The summed E-state index contributed by atoms with van der Waals surface area (Å²) < 4.78 is 39.0. The van der Waals surface area contributed by atoms with Crippen LogP contribution < -0.4 is 5.73 Å². The molecule has 0 radical (unpaired) electrons. The fraction of sp³-hybridized carbons (Fsp3) is 0.700. The zero-order chi connectivity index (χ0) is 14.0. The second-order valence-electron chi connectivity index (χ2n) is 4.39. The standard InChI is InChI=1S/C10H18N4O3S2/c1-2-3-13-8-9(10(11)12-13)19(16,17)14-4-6-18(15)7-5-14/h8H,2-7H2,1H3,(H2,11,12). The van der Waals surface area contributed by atoms with Crippen LogP contribution in [0.4, 0.5) is 5.82 Å². The van der Waals surface area contributed by atoms with E-state index in [1.807, 2.05) is 6.92 Å². The first-order valence-corrected chi connectivity index (χ1v) is 9.06. The van der Waals surface area contributed by atoms with Gasteiger partial charge in [-0.15, -0.1) is 0 Å². The van der Waals surface area contributed by atoms with Gasteiger partial charge in [0, 0.05) is 48.1 Å². The van der Waals surface area contributed by atoms with Crippen molar-refractivity contribution in [1.82, 2.24) is 14.1 Å². The molecule has 0 spiro atoms. The predicted molar refractivity (Wildman–Crippen MR) is 73.6 cm³/mol. The Hall–Kier alpha value is -0.930. The van der Waals surface area contributed by atoms with Crippen molar-refractivity contribution in [2.24, 2.45) is 0 Å². The Bertz CT molecular complexity index is 572. The highest BCUT2D eigenvalue weighted by molar-refractivity contribution is 7.89. The van der Waals surface area contributed by atoms with Gasteiger partial charge in [0.2, 0.25) is 10.0 Å². The highest BCUT2D eigenvalue weighted by Crippen LogP contribution is 2.22. The second kappa shape index (κ2) is 5.59. The summed E-state index contributed by atoms with van der Waals surface area (Å²) in [6.45, 7) is 3.15. The predicted octanol–water partition coefficient (Wildman–Crippen LogP) is -0.372. The summed E-state index contributed by atoms with van der Waals surface area (Å²) in [7, 11) is -4.54. The normalized spacial score (nSPS) is 18.8. The number of hydrogen-bond acceptors (Lipinski definition) is 5. The fourth-order valence-electron chi connectivity index (χ4n) is 1.96. The molecule has 0 bridgehead atoms. The molecule has 0 aliphatic carbocycles. The Labute approximate surface area is 115 Å². The summed E-state index contributed by atoms with van der Waals surface area (Å²) in [6, 6.07) is 0. The number of nitrogens with zero attached hydrogens (tertiary/aromatic N) is 3. The maximum atomic E-state index is 12.4. The molecule has 1 saturated heterocycles. The topological polar surface area (TPSA) is 98.3 Å². The van der Waals surface area contributed by atoms with Gasteiger partial charge >= 0.3 is 0 Å². The van der Waals surface area contributed by atoms with Crippen molar-refractivity contribution >= 4 is 26.6 Å². The lowest BCUT2D eigenvalue weighted by molar-refractivity contribution is 0.439. The van der Waals surface area contributed by atoms with Crippen molar-refractivity contribution < 1.29 is 12.6 Å². The zero-order valence-electron chi connectivity index (χ0n) is 10.8. The molecule has 9 heteroatoms. The van der Waals surface area contributed by atoms with E-state index in [4.69, 9.17) is 5.73 Å². The monoisotopic (exact) mass is 306 g/mol. The third-order valence-electron chi connectivity index (χ3n) is 2.96. The summed E-state index contributed by atoms with van der Waals surface area (Å²) in [5.74, 6) is 0.782. The first-order chi connectivity index (χ1) is 8.95. The first kappa shape index (κ1) is 14.5. The molecule has 2 N–H and O–H groups in total. The zero-order valence-corrected chi connectivity index (χ0v) is 12.4. The molecule has 0 saturated carbocycles. The van der Waals surface area contributed by atoms with E-state index in [-0.39, 0.29) is 23.8 Å². The Morgan fingerprint density at radius 2 is 2.05 bits per heavy atom. The number of hydrogen-bond donors (Lipinski definition) is 1. The summed E-state index contributed by atoms with van der Waals surface area (Å²) in [4.78, 5) is 0.0497. The van der Waals surface area contributed by atoms with Gasteiger partial charge in [-0.2, -0.15) is 9.40 Å². The lowest BCUT2D eigenvalue weighted by Crippen LogP contribution is -2.41. The van der Waals surface area contributed by atoms with E-state index in [1.165, 1.54) is 10.5 Å². The Morgan fingerprint density at radius 1 is 1.42 bits per heavy atom. The van der Waals surface area contributed by atoms with Crippen LogP contribution in [0.15, 0.2) is 11.1 Å². The van der Waals surface area contributed by atoms with Crippen LogP contribution >= 0.6 is 0 Å². The van der Waals surface area contributed by atoms with Gasteiger partial charge in [0.15, 0.2) is 5.82 Å². The van der Waals surface area contributed by atoms with Crippen molar-refractivity contribution in [3.8, 4) is 0 Å². The minimum atomic E-state index is -3.62. The molecular formula is C10H18N4O3S2. The molecule has 7 nitrogen and oxygen atoms in total. The molecule has 19 heavy (non-hydrogen) atoms. The van der Waals surface area contributed by atoms with Gasteiger partial charge in [-0.1, -0.05) is 6.92 Å². The number of aromatic nitrogens is 2. The molecule has 0 atom stereocenters. The molecule has 1 fully saturated rings. The third-order valence-corrected chi connectivity index (χ3v) is 6.15. The van der Waals surface area contributed by atoms with Crippen LogP contribution in [0, 0.1) is 0 Å². The van der Waals surface area contributed by atoms with E-state index in [1.54, 1.807) is 4.68 Å². The van der Waals surface area contributed by atoms with Gasteiger partial charge in [0.1, 0.15) is 4.90 Å². The van der Waals surface area contributed by atoms with Crippen LogP contribution in [0.5, 0.6) is 0 Å². The molecule has 1 aromatic rings. The van der Waals surface area contributed by atoms with E-state index in [0.29, 0.717) is 18.1 Å². The average Bonchev–Trinajstić information content (AvgIpc) is 2.72. The van der Waals surface area contributed by atoms with E-state index in [9.17, 15) is 12.6 Å². The SMILES string of the molecule is CCCn1cc(S(=O)(=O)N2CCS(=O)CC2)c(N)n1. The summed E-state index contributed by atoms with van der Waals surface area (Å²) in [6.07, 6.45) is 2.32. The van der Waals surface area contributed by atoms with E-state index >= 15 is 0 Å². The lowest BCUT2D eigenvalue weighted by atomic mass is 10.5. The Kier molecular flexibility index (Phi) is 4.26. The number of aryl methyl sites for hydroxylation is 1. The van der Waals surface area contributed by atoms with Crippen molar-refractivity contribution in [1.29, 1.82) is 0 Å². The highest BCUT2D eigenvalue weighted by Gasteiger charge is 2.31. The van der Waals surface area contributed by atoms with Crippen LogP contribution in [0.25, 0.3) is 0 Å². The average molecular weight is 306 g/mol. The second-order valence-corrected chi connectivity index (χ2v) is 8.00. The Balaban J connectivity index is 2.26. The molecule has 1 aliphatic heterocycles. The van der Waals surface area contributed by atoms with E-state index in [0.717, 1.165) is 6.42 Å². The highest BCUT2D eigenvalue weighted by atomic mass is 32.2.